The topological polar surface area (TPSA) is 43.9 Å². The number of amides is 2. The van der Waals surface area contributed by atoms with Crippen LogP contribution in [0.15, 0.2) is 18.2 Å². The fraction of sp³-hybridized carbons (Fsp3) is 0.579. The van der Waals surface area contributed by atoms with E-state index in [2.05, 4.69) is 11.8 Å². The number of hydrogen-bond donors (Lipinski definition) is 0. The number of carbonyl (C=O) groups is 2. The van der Waals surface area contributed by atoms with E-state index in [1.165, 1.54) is 5.56 Å². The maximum Gasteiger partial charge on any atom is 0.225 e. The average Bonchev–Trinajstić information content (AvgIpc) is 2.63. The number of likely N-dealkylation sites (tertiary alicyclic amines) is 1. The van der Waals surface area contributed by atoms with Crippen LogP contribution in [0, 0.1) is 12.8 Å². The van der Waals surface area contributed by atoms with Gasteiger partial charge in [0.05, 0.1) is 0 Å². The largest absolute Gasteiger partial charge is 0.368 e. The average molecular weight is 364 g/mol. The van der Waals surface area contributed by atoms with Gasteiger partial charge in [-0.05, 0) is 37.5 Å². The van der Waals surface area contributed by atoms with Crippen molar-refractivity contribution in [2.24, 2.45) is 5.92 Å². The van der Waals surface area contributed by atoms with Gasteiger partial charge in [-0.3, -0.25) is 9.59 Å². The second kappa shape index (κ2) is 7.65. The zero-order valence-electron chi connectivity index (χ0n) is 15.0. The van der Waals surface area contributed by atoms with Crippen molar-refractivity contribution in [3.8, 4) is 0 Å². The third-order valence-electron chi connectivity index (χ3n) is 5.39. The first-order valence-electron chi connectivity index (χ1n) is 9.01. The maximum absolute atomic E-state index is 12.8. The van der Waals surface area contributed by atoms with Crippen LogP contribution in [0.1, 0.15) is 25.3 Å². The third-order valence-corrected chi connectivity index (χ3v) is 5.63. The minimum Gasteiger partial charge on any atom is -0.368 e. The van der Waals surface area contributed by atoms with E-state index in [9.17, 15) is 9.59 Å². The molecule has 0 radical (unpaired) electrons. The van der Waals surface area contributed by atoms with Crippen LogP contribution in [-0.4, -0.2) is 60.9 Å². The van der Waals surface area contributed by atoms with Crippen molar-refractivity contribution in [1.82, 2.24) is 9.80 Å². The van der Waals surface area contributed by atoms with Gasteiger partial charge in [-0.25, -0.2) is 0 Å². The lowest BCUT2D eigenvalue weighted by Crippen LogP contribution is -2.52. The first-order chi connectivity index (χ1) is 12.0. The lowest BCUT2D eigenvalue weighted by atomic mass is 9.95. The zero-order chi connectivity index (χ0) is 18.0. The van der Waals surface area contributed by atoms with Crippen LogP contribution < -0.4 is 4.90 Å². The molecule has 3 rings (SSSR count). The molecule has 0 unspecified atom stereocenters. The summed E-state index contributed by atoms with van der Waals surface area (Å²) in [7, 11) is 0. The van der Waals surface area contributed by atoms with Crippen LogP contribution in [0.2, 0.25) is 5.02 Å². The molecule has 0 N–H and O–H groups in total. The van der Waals surface area contributed by atoms with E-state index in [4.69, 9.17) is 11.6 Å². The summed E-state index contributed by atoms with van der Waals surface area (Å²) in [4.78, 5) is 30.3. The number of anilines is 1. The number of piperidine rings is 1. The zero-order valence-corrected chi connectivity index (χ0v) is 15.8. The van der Waals surface area contributed by atoms with Gasteiger partial charge in [0, 0.05) is 62.8 Å². The Morgan fingerprint density at radius 2 is 1.64 bits per heavy atom. The lowest BCUT2D eigenvalue weighted by Gasteiger charge is -2.39. The molecular formula is C19H26ClN3O2. The standard InChI is InChI=1S/C19H26ClN3O2/c1-14-3-4-17(20)13-18(14)22-9-11-23(12-10-22)19(25)16-5-7-21(8-6-16)15(2)24/h3-4,13,16H,5-12H2,1-2H3. The number of nitrogens with zero attached hydrogens (tertiary/aromatic N) is 3. The SMILES string of the molecule is CC(=O)N1CCC(C(=O)N2CCN(c3cc(Cl)ccc3C)CC2)CC1. The van der Waals surface area contributed by atoms with E-state index < -0.39 is 0 Å². The van der Waals surface area contributed by atoms with Gasteiger partial charge in [0.1, 0.15) is 0 Å². The van der Waals surface area contributed by atoms with Gasteiger partial charge in [0.2, 0.25) is 11.8 Å². The Kier molecular flexibility index (Phi) is 5.52. The van der Waals surface area contributed by atoms with Gasteiger partial charge in [-0.15, -0.1) is 0 Å². The van der Waals surface area contributed by atoms with Crippen molar-refractivity contribution in [2.45, 2.75) is 26.7 Å². The molecular weight excluding hydrogens is 338 g/mol. The molecule has 1 aromatic rings. The number of hydrogen-bond acceptors (Lipinski definition) is 3. The van der Waals surface area contributed by atoms with Crippen LogP contribution in [0.3, 0.4) is 0 Å². The summed E-state index contributed by atoms with van der Waals surface area (Å²) in [5.74, 6) is 0.428. The Labute approximate surface area is 154 Å². The van der Waals surface area contributed by atoms with E-state index >= 15 is 0 Å². The van der Waals surface area contributed by atoms with Gasteiger partial charge in [-0.2, -0.15) is 0 Å². The predicted molar refractivity (Wildman–Crippen MR) is 100.0 cm³/mol. The van der Waals surface area contributed by atoms with Crippen molar-refractivity contribution in [1.29, 1.82) is 0 Å². The molecule has 0 saturated carbocycles. The van der Waals surface area contributed by atoms with E-state index in [0.717, 1.165) is 49.7 Å². The summed E-state index contributed by atoms with van der Waals surface area (Å²) < 4.78 is 0. The molecule has 25 heavy (non-hydrogen) atoms. The second-order valence-electron chi connectivity index (χ2n) is 7.02. The monoisotopic (exact) mass is 363 g/mol. The first kappa shape index (κ1) is 18.1. The van der Waals surface area contributed by atoms with Crippen molar-refractivity contribution in [3.05, 3.63) is 28.8 Å². The van der Waals surface area contributed by atoms with Gasteiger partial charge >= 0.3 is 0 Å². The van der Waals surface area contributed by atoms with Crippen LogP contribution in [0.25, 0.3) is 0 Å². The molecule has 0 aliphatic carbocycles. The molecule has 1 aromatic carbocycles. The third kappa shape index (κ3) is 4.09. The van der Waals surface area contributed by atoms with E-state index in [1.807, 2.05) is 28.0 Å². The van der Waals surface area contributed by atoms with Crippen molar-refractivity contribution in [3.63, 3.8) is 0 Å². The molecule has 2 fully saturated rings. The van der Waals surface area contributed by atoms with Gasteiger partial charge < -0.3 is 14.7 Å². The Morgan fingerprint density at radius 1 is 1.00 bits per heavy atom. The summed E-state index contributed by atoms with van der Waals surface area (Å²) in [5.41, 5.74) is 2.37. The van der Waals surface area contributed by atoms with Gasteiger partial charge in [-0.1, -0.05) is 17.7 Å². The molecule has 2 saturated heterocycles. The minimum absolute atomic E-state index is 0.0649. The molecule has 5 nitrogen and oxygen atoms in total. The summed E-state index contributed by atoms with van der Waals surface area (Å²) in [6.45, 7) is 8.25. The van der Waals surface area contributed by atoms with Crippen LogP contribution in [-0.2, 0) is 9.59 Å². The summed E-state index contributed by atoms with van der Waals surface area (Å²) >= 11 is 6.13. The van der Waals surface area contributed by atoms with Crippen LogP contribution >= 0.6 is 11.6 Å². The van der Waals surface area contributed by atoms with E-state index in [0.29, 0.717) is 13.1 Å². The normalized spacial score (nSPS) is 19.2. The highest BCUT2D eigenvalue weighted by atomic mass is 35.5. The molecule has 2 aliphatic heterocycles. The van der Waals surface area contributed by atoms with Gasteiger partial charge in [0.15, 0.2) is 0 Å². The Balaban J connectivity index is 1.54. The fourth-order valence-electron chi connectivity index (χ4n) is 3.79. The maximum atomic E-state index is 12.8. The first-order valence-corrected chi connectivity index (χ1v) is 9.39. The number of halogens is 1. The number of benzene rings is 1. The van der Waals surface area contributed by atoms with Crippen LogP contribution in [0.4, 0.5) is 5.69 Å². The number of rotatable bonds is 2. The predicted octanol–water partition coefficient (Wildman–Crippen LogP) is 2.56. The molecule has 2 heterocycles. The van der Waals surface area contributed by atoms with E-state index in [-0.39, 0.29) is 17.7 Å². The molecule has 0 spiro atoms. The minimum atomic E-state index is 0.0649. The van der Waals surface area contributed by atoms with Gasteiger partial charge in [0.25, 0.3) is 0 Å². The summed E-state index contributed by atoms with van der Waals surface area (Å²) in [6, 6.07) is 5.96. The summed E-state index contributed by atoms with van der Waals surface area (Å²) in [5, 5.41) is 0.747. The molecule has 2 amide bonds. The Bertz CT molecular complexity index is 648. The molecule has 2 aliphatic rings. The Morgan fingerprint density at radius 3 is 2.24 bits per heavy atom. The highest BCUT2D eigenvalue weighted by Crippen LogP contribution is 2.26. The fourth-order valence-corrected chi connectivity index (χ4v) is 3.96. The molecule has 6 heteroatoms. The van der Waals surface area contributed by atoms with Crippen molar-refractivity contribution in [2.75, 3.05) is 44.2 Å². The number of carbonyl (C=O) groups excluding carboxylic acids is 2. The quantitative estimate of drug-likeness (QED) is 0.811. The summed E-state index contributed by atoms with van der Waals surface area (Å²) in [6.07, 6.45) is 1.57. The highest BCUT2D eigenvalue weighted by Gasteiger charge is 2.31. The second-order valence-corrected chi connectivity index (χ2v) is 7.46. The number of aryl methyl sites for hydroxylation is 1. The molecule has 0 bridgehead atoms. The molecule has 0 aromatic heterocycles. The molecule has 0 atom stereocenters. The van der Waals surface area contributed by atoms with Crippen LogP contribution in [0.5, 0.6) is 0 Å². The molecule has 136 valence electrons. The van der Waals surface area contributed by atoms with E-state index in [1.54, 1.807) is 6.92 Å². The van der Waals surface area contributed by atoms with Crippen molar-refractivity contribution >= 4 is 29.1 Å². The lowest BCUT2D eigenvalue weighted by molar-refractivity contribution is -0.140. The van der Waals surface area contributed by atoms with Crippen molar-refractivity contribution < 1.29 is 9.59 Å². The highest BCUT2D eigenvalue weighted by molar-refractivity contribution is 6.30. The smallest absolute Gasteiger partial charge is 0.225 e. The number of piperazine rings is 1. The Hall–Kier alpha value is -1.75.